The number of alkyl halides is 3. The molecular weight excluding hydrogens is 219 g/mol. The summed E-state index contributed by atoms with van der Waals surface area (Å²) in [7, 11) is 1.91. The zero-order valence-electron chi connectivity index (χ0n) is 10.2. The molecule has 0 aliphatic heterocycles. The van der Waals surface area contributed by atoms with Crippen LogP contribution in [-0.2, 0) is 4.74 Å². The Bertz CT molecular complexity index is 173. The van der Waals surface area contributed by atoms with Gasteiger partial charge in [0.25, 0.3) is 0 Å². The highest BCUT2D eigenvalue weighted by Gasteiger charge is 2.27. The molecule has 0 saturated heterocycles. The summed E-state index contributed by atoms with van der Waals surface area (Å²) in [6.45, 7) is 3.26. The molecular formula is C11H22F3NO. The van der Waals surface area contributed by atoms with Gasteiger partial charge in [-0.25, -0.2) is 0 Å². The second kappa shape index (κ2) is 7.90. The Kier molecular flexibility index (Phi) is 7.76. The summed E-state index contributed by atoms with van der Waals surface area (Å²) >= 11 is 0. The molecule has 0 rings (SSSR count). The second-order valence-electron chi connectivity index (χ2n) is 4.34. The second-order valence-corrected chi connectivity index (χ2v) is 4.34. The molecule has 2 atom stereocenters. The normalized spacial score (nSPS) is 16.1. The lowest BCUT2D eigenvalue weighted by Gasteiger charge is -2.16. The quantitative estimate of drug-likeness (QED) is 0.660. The summed E-state index contributed by atoms with van der Waals surface area (Å²) in [5.41, 5.74) is 0. The molecule has 0 aromatic heterocycles. The highest BCUT2D eigenvalue weighted by Crippen LogP contribution is 2.16. The Morgan fingerprint density at radius 1 is 1.25 bits per heavy atom. The summed E-state index contributed by atoms with van der Waals surface area (Å²) < 4.78 is 39.7. The Morgan fingerprint density at radius 2 is 1.88 bits per heavy atom. The Labute approximate surface area is 95.5 Å². The monoisotopic (exact) mass is 241 g/mol. The maximum Gasteiger partial charge on any atom is 0.411 e. The molecule has 2 nitrogen and oxygen atoms in total. The minimum atomic E-state index is -4.20. The number of ether oxygens (including phenoxy) is 1. The Hall–Kier alpha value is -0.290. The average Bonchev–Trinajstić information content (AvgIpc) is 2.15. The van der Waals surface area contributed by atoms with Crippen LogP contribution in [0.2, 0.25) is 0 Å². The largest absolute Gasteiger partial charge is 0.411 e. The first-order valence-electron chi connectivity index (χ1n) is 5.67. The highest BCUT2D eigenvalue weighted by atomic mass is 19.4. The van der Waals surface area contributed by atoms with Crippen molar-refractivity contribution in [2.45, 2.75) is 45.3 Å². The maximum atomic E-state index is 11.7. The lowest BCUT2D eigenvalue weighted by atomic mass is 9.98. The summed E-state index contributed by atoms with van der Waals surface area (Å²) in [6.07, 6.45) is -1.57. The molecule has 0 radical (unpaired) electrons. The Balaban J connectivity index is 3.38. The van der Waals surface area contributed by atoms with E-state index in [1.165, 1.54) is 0 Å². The van der Waals surface area contributed by atoms with Crippen LogP contribution in [0.25, 0.3) is 0 Å². The molecule has 5 heteroatoms. The summed E-state index contributed by atoms with van der Waals surface area (Å²) in [4.78, 5) is 0. The standard InChI is InChI=1S/C11H22F3NO/c1-9(7-10(2)15-3)5-4-6-16-8-11(12,13)14/h9-10,15H,4-8H2,1-3H3. The molecule has 0 saturated carbocycles. The minimum Gasteiger partial charge on any atom is -0.372 e. The summed E-state index contributed by atoms with van der Waals surface area (Å²) in [6, 6.07) is 0.450. The van der Waals surface area contributed by atoms with Gasteiger partial charge in [-0.1, -0.05) is 6.92 Å². The van der Waals surface area contributed by atoms with E-state index in [4.69, 9.17) is 0 Å². The molecule has 0 spiro atoms. The van der Waals surface area contributed by atoms with Crippen LogP contribution in [0.15, 0.2) is 0 Å². The van der Waals surface area contributed by atoms with Crippen LogP contribution < -0.4 is 5.32 Å². The number of hydrogen-bond donors (Lipinski definition) is 1. The van der Waals surface area contributed by atoms with Crippen LogP contribution in [0.1, 0.15) is 33.1 Å². The van der Waals surface area contributed by atoms with Gasteiger partial charge in [-0.3, -0.25) is 0 Å². The van der Waals surface area contributed by atoms with E-state index in [2.05, 4.69) is 23.9 Å². The van der Waals surface area contributed by atoms with Crippen molar-refractivity contribution < 1.29 is 17.9 Å². The van der Waals surface area contributed by atoms with Gasteiger partial charge in [0, 0.05) is 12.6 Å². The number of hydrogen-bond acceptors (Lipinski definition) is 2. The highest BCUT2D eigenvalue weighted by molar-refractivity contribution is 4.63. The van der Waals surface area contributed by atoms with Crippen LogP contribution in [0.5, 0.6) is 0 Å². The topological polar surface area (TPSA) is 21.3 Å². The van der Waals surface area contributed by atoms with Gasteiger partial charge in [0.2, 0.25) is 0 Å². The van der Waals surface area contributed by atoms with Gasteiger partial charge >= 0.3 is 6.18 Å². The van der Waals surface area contributed by atoms with Crippen LogP contribution in [0.3, 0.4) is 0 Å². The van der Waals surface area contributed by atoms with Crippen LogP contribution in [0, 0.1) is 5.92 Å². The van der Waals surface area contributed by atoms with Crippen LogP contribution in [0.4, 0.5) is 13.2 Å². The molecule has 0 aromatic rings. The van der Waals surface area contributed by atoms with E-state index in [9.17, 15) is 13.2 Å². The molecule has 0 amide bonds. The van der Waals surface area contributed by atoms with Crippen molar-refractivity contribution in [1.29, 1.82) is 0 Å². The maximum absolute atomic E-state index is 11.7. The van der Waals surface area contributed by atoms with Crippen LogP contribution >= 0.6 is 0 Å². The Morgan fingerprint density at radius 3 is 2.38 bits per heavy atom. The fourth-order valence-corrected chi connectivity index (χ4v) is 1.56. The van der Waals surface area contributed by atoms with Gasteiger partial charge < -0.3 is 10.1 Å². The molecule has 2 unspecified atom stereocenters. The third kappa shape index (κ3) is 10.2. The van der Waals surface area contributed by atoms with E-state index < -0.39 is 12.8 Å². The molecule has 0 bridgehead atoms. The van der Waals surface area contributed by atoms with Gasteiger partial charge in [-0.2, -0.15) is 13.2 Å². The van der Waals surface area contributed by atoms with Crippen molar-refractivity contribution in [3.8, 4) is 0 Å². The molecule has 0 heterocycles. The van der Waals surface area contributed by atoms with Crippen molar-refractivity contribution in [1.82, 2.24) is 5.32 Å². The molecule has 98 valence electrons. The van der Waals surface area contributed by atoms with Crippen molar-refractivity contribution in [3.05, 3.63) is 0 Å². The first kappa shape index (κ1) is 15.7. The van der Waals surface area contributed by atoms with Crippen molar-refractivity contribution in [2.24, 2.45) is 5.92 Å². The third-order valence-corrected chi connectivity index (χ3v) is 2.50. The predicted octanol–water partition coefficient (Wildman–Crippen LogP) is 2.98. The van der Waals surface area contributed by atoms with E-state index in [0.29, 0.717) is 18.4 Å². The fraction of sp³-hybridized carbons (Fsp3) is 1.00. The minimum absolute atomic E-state index is 0.192. The zero-order valence-corrected chi connectivity index (χ0v) is 10.2. The van der Waals surface area contributed by atoms with E-state index in [1.807, 2.05) is 7.05 Å². The van der Waals surface area contributed by atoms with Crippen molar-refractivity contribution in [2.75, 3.05) is 20.3 Å². The van der Waals surface area contributed by atoms with Gasteiger partial charge in [0.05, 0.1) is 0 Å². The lowest BCUT2D eigenvalue weighted by Crippen LogP contribution is -2.23. The van der Waals surface area contributed by atoms with E-state index in [-0.39, 0.29) is 6.61 Å². The summed E-state index contributed by atoms with van der Waals surface area (Å²) in [5, 5.41) is 3.14. The molecule has 0 fully saturated rings. The molecule has 0 aliphatic rings. The average molecular weight is 241 g/mol. The van der Waals surface area contributed by atoms with Crippen molar-refractivity contribution >= 4 is 0 Å². The molecule has 1 N–H and O–H groups in total. The molecule has 16 heavy (non-hydrogen) atoms. The van der Waals surface area contributed by atoms with Gasteiger partial charge in [0.1, 0.15) is 6.61 Å². The SMILES string of the molecule is CNC(C)CC(C)CCCOCC(F)(F)F. The van der Waals surface area contributed by atoms with Gasteiger partial charge in [-0.05, 0) is 39.2 Å². The molecule has 0 aromatic carbocycles. The number of nitrogens with one attached hydrogen (secondary N) is 1. The smallest absolute Gasteiger partial charge is 0.372 e. The first-order valence-corrected chi connectivity index (χ1v) is 5.67. The van der Waals surface area contributed by atoms with E-state index in [1.54, 1.807) is 0 Å². The third-order valence-electron chi connectivity index (χ3n) is 2.50. The van der Waals surface area contributed by atoms with Gasteiger partial charge in [-0.15, -0.1) is 0 Å². The lowest BCUT2D eigenvalue weighted by molar-refractivity contribution is -0.174. The van der Waals surface area contributed by atoms with Crippen molar-refractivity contribution in [3.63, 3.8) is 0 Å². The van der Waals surface area contributed by atoms with E-state index in [0.717, 1.165) is 12.8 Å². The van der Waals surface area contributed by atoms with E-state index >= 15 is 0 Å². The molecule has 0 aliphatic carbocycles. The number of rotatable bonds is 8. The fourth-order valence-electron chi connectivity index (χ4n) is 1.56. The zero-order chi connectivity index (χ0) is 12.6. The van der Waals surface area contributed by atoms with Gasteiger partial charge in [0.15, 0.2) is 0 Å². The summed E-state index contributed by atoms with van der Waals surface area (Å²) in [5.74, 6) is 0.511. The first-order chi connectivity index (χ1) is 7.35. The number of halogens is 3. The van der Waals surface area contributed by atoms with Crippen LogP contribution in [-0.4, -0.2) is 32.5 Å². The predicted molar refractivity (Wildman–Crippen MR) is 58.4 cm³/mol.